The average molecular weight is 565 g/mol. The molecule has 2 N–H and O–H groups in total. The second-order valence-electron chi connectivity index (χ2n) is 6.71. The highest BCUT2D eigenvalue weighted by molar-refractivity contribution is 7.93. The summed E-state index contributed by atoms with van der Waals surface area (Å²) in [5.41, 5.74) is -0.134. The first-order valence-electron chi connectivity index (χ1n) is 9.33. The molecular weight excluding hydrogens is 546 g/mol. The fraction of sp³-hybridized carbons (Fsp3) is 0.100. The van der Waals surface area contributed by atoms with Crippen molar-refractivity contribution >= 4 is 67.5 Å². The van der Waals surface area contributed by atoms with E-state index in [-0.39, 0.29) is 26.5 Å². The summed E-state index contributed by atoms with van der Waals surface area (Å²) in [7, 11) is -9.94. The van der Waals surface area contributed by atoms with Crippen LogP contribution in [0.15, 0.2) is 76.5 Å². The number of hydrogen-bond acceptors (Lipinski definition) is 7. The van der Waals surface area contributed by atoms with Gasteiger partial charge in [0.1, 0.15) is 0 Å². The molecule has 0 spiro atoms. The van der Waals surface area contributed by atoms with E-state index in [0.717, 1.165) is 14.2 Å². The van der Waals surface area contributed by atoms with E-state index >= 15 is 0 Å². The van der Waals surface area contributed by atoms with Gasteiger partial charge in [0.25, 0.3) is 20.0 Å². The first kappa shape index (κ1) is 26.5. The smallest absolute Gasteiger partial charge is 0.309 e. The van der Waals surface area contributed by atoms with Gasteiger partial charge in [-0.3, -0.25) is 14.0 Å². The Hall–Kier alpha value is -2.11. The van der Waals surface area contributed by atoms with Crippen LogP contribution in [0.5, 0.6) is 0 Å². The van der Waals surface area contributed by atoms with Crippen molar-refractivity contribution < 1.29 is 30.4 Å². The van der Waals surface area contributed by atoms with Crippen LogP contribution in [0.4, 0.5) is 11.4 Å². The Kier molecular flexibility index (Phi) is 7.99. The van der Waals surface area contributed by atoms with Gasteiger partial charge >= 0.3 is 7.60 Å². The summed E-state index contributed by atoms with van der Waals surface area (Å²) < 4.78 is 79.1. The molecule has 0 atom stereocenters. The van der Waals surface area contributed by atoms with Crippen molar-refractivity contribution in [1.29, 1.82) is 0 Å². The molecule has 0 aliphatic carbocycles. The standard InChI is InChI=1S/C20H19Cl2N2O7PS2/c1-30-32(25,31-2)20-13-16(23-33(26,27)17-8-3-14(21)4-9-17)7-12-19(20)24-34(28,29)18-10-5-15(22)6-11-18/h3-13,23-24H,1-2H3. The van der Waals surface area contributed by atoms with Gasteiger partial charge < -0.3 is 9.05 Å². The Morgan fingerprint density at radius 2 is 1.15 bits per heavy atom. The highest BCUT2D eigenvalue weighted by Crippen LogP contribution is 2.48. The van der Waals surface area contributed by atoms with Gasteiger partial charge in [-0.2, -0.15) is 0 Å². The fourth-order valence-electron chi connectivity index (χ4n) is 2.82. The van der Waals surface area contributed by atoms with Crippen molar-refractivity contribution in [1.82, 2.24) is 0 Å². The maximum atomic E-state index is 13.2. The molecule has 0 heterocycles. The van der Waals surface area contributed by atoms with E-state index in [4.69, 9.17) is 32.2 Å². The summed E-state index contributed by atoms with van der Waals surface area (Å²) in [6, 6.07) is 14.6. The second kappa shape index (κ2) is 10.2. The molecule has 182 valence electrons. The van der Waals surface area contributed by atoms with Gasteiger partial charge in [-0.05, 0) is 66.7 Å². The Labute approximate surface area is 207 Å². The maximum absolute atomic E-state index is 13.2. The summed E-state index contributed by atoms with van der Waals surface area (Å²) in [5, 5.41) is 0.506. The van der Waals surface area contributed by atoms with Gasteiger partial charge in [-0.15, -0.1) is 0 Å². The predicted molar refractivity (Wildman–Crippen MR) is 132 cm³/mol. The van der Waals surface area contributed by atoms with Crippen molar-refractivity contribution in [2.24, 2.45) is 0 Å². The van der Waals surface area contributed by atoms with Crippen molar-refractivity contribution in [2.75, 3.05) is 23.7 Å². The first-order valence-corrected chi connectivity index (χ1v) is 14.6. The summed E-state index contributed by atoms with van der Waals surface area (Å²) in [5.74, 6) is 0. The van der Waals surface area contributed by atoms with Crippen molar-refractivity contribution in [3.63, 3.8) is 0 Å². The van der Waals surface area contributed by atoms with E-state index in [2.05, 4.69) is 9.44 Å². The minimum Gasteiger partial charge on any atom is -0.309 e. The molecule has 0 amide bonds. The highest BCUT2D eigenvalue weighted by Gasteiger charge is 2.31. The zero-order chi connectivity index (χ0) is 25.1. The quantitative estimate of drug-likeness (QED) is 0.360. The first-order chi connectivity index (χ1) is 15.9. The number of halogens is 2. The van der Waals surface area contributed by atoms with Crippen LogP contribution in [0, 0.1) is 0 Å². The lowest BCUT2D eigenvalue weighted by Gasteiger charge is -2.20. The zero-order valence-electron chi connectivity index (χ0n) is 17.7. The Balaban J connectivity index is 2.04. The molecule has 34 heavy (non-hydrogen) atoms. The SMILES string of the molecule is COP(=O)(OC)c1cc(NS(=O)(=O)c2ccc(Cl)cc2)ccc1NS(=O)(=O)c1ccc(Cl)cc1. The molecule has 0 saturated carbocycles. The molecule has 3 aromatic carbocycles. The van der Waals surface area contributed by atoms with E-state index < -0.39 is 27.6 Å². The molecule has 0 unspecified atom stereocenters. The molecule has 0 aliphatic rings. The van der Waals surface area contributed by atoms with Gasteiger partial charge in [0, 0.05) is 30.0 Å². The minimum atomic E-state index is -4.12. The number of rotatable bonds is 9. The number of nitrogens with one attached hydrogen (secondary N) is 2. The molecule has 0 bridgehead atoms. The molecule has 0 fully saturated rings. The molecule has 0 radical (unpaired) electrons. The maximum Gasteiger partial charge on any atom is 0.362 e. The third kappa shape index (κ3) is 5.92. The molecule has 3 rings (SSSR count). The van der Waals surface area contributed by atoms with Crippen molar-refractivity contribution in [3.8, 4) is 0 Å². The highest BCUT2D eigenvalue weighted by atomic mass is 35.5. The fourth-order valence-corrected chi connectivity index (χ4v) is 6.55. The molecule has 0 saturated heterocycles. The number of sulfonamides is 2. The van der Waals surface area contributed by atoms with Crippen molar-refractivity contribution in [3.05, 3.63) is 76.8 Å². The van der Waals surface area contributed by atoms with Gasteiger partial charge in [-0.25, -0.2) is 16.8 Å². The lowest BCUT2D eigenvalue weighted by molar-refractivity contribution is 0.287. The van der Waals surface area contributed by atoms with Gasteiger partial charge in [0.05, 0.1) is 20.8 Å². The number of benzene rings is 3. The van der Waals surface area contributed by atoms with Crippen molar-refractivity contribution in [2.45, 2.75) is 9.79 Å². The third-order valence-electron chi connectivity index (χ3n) is 4.52. The summed E-state index contributed by atoms with van der Waals surface area (Å²) in [6.45, 7) is 0. The normalized spacial score (nSPS) is 12.4. The van der Waals surface area contributed by atoms with E-state index in [1.54, 1.807) is 0 Å². The summed E-state index contributed by atoms with van der Waals surface area (Å²) in [4.78, 5) is -0.160. The number of hydrogen-bond donors (Lipinski definition) is 2. The monoisotopic (exact) mass is 564 g/mol. The Morgan fingerprint density at radius 1 is 0.706 bits per heavy atom. The van der Waals surface area contributed by atoms with Gasteiger partial charge in [-0.1, -0.05) is 23.2 Å². The largest absolute Gasteiger partial charge is 0.362 e. The topological polar surface area (TPSA) is 128 Å². The van der Waals surface area contributed by atoms with Crippen LogP contribution in [0.25, 0.3) is 0 Å². The minimum absolute atomic E-state index is 0.00582. The van der Waals surface area contributed by atoms with E-state index in [1.165, 1.54) is 66.7 Å². The second-order valence-corrected chi connectivity index (χ2v) is 13.2. The lowest BCUT2D eigenvalue weighted by atomic mass is 10.3. The van der Waals surface area contributed by atoms with Crippen LogP contribution in [-0.2, 0) is 33.7 Å². The van der Waals surface area contributed by atoms with E-state index in [0.29, 0.717) is 10.0 Å². The third-order valence-corrected chi connectivity index (χ3v) is 9.72. The molecule has 3 aromatic rings. The van der Waals surface area contributed by atoms with Crippen LogP contribution >= 0.6 is 30.8 Å². The Morgan fingerprint density at radius 3 is 1.59 bits per heavy atom. The Bertz CT molecular complexity index is 1440. The van der Waals surface area contributed by atoms with Gasteiger partial charge in [0.2, 0.25) is 0 Å². The van der Waals surface area contributed by atoms with E-state index in [9.17, 15) is 21.4 Å². The molecular formula is C20H19Cl2N2O7PS2. The summed E-state index contributed by atoms with van der Waals surface area (Å²) >= 11 is 11.6. The summed E-state index contributed by atoms with van der Waals surface area (Å²) in [6.07, 6.45) is 0. The predicted octanol–water partition coefficient (Wildman–Crippen LogP) is 4.71. The zero-order valence-corrected chi connectivity index (χ0v) is 21.8. The van der Waals surface area contributed by atoms with Crippen LogP contribution in [0.3, 0.4) is 0 Å². The van der Waals surface area contributed by atoms with Crippen LogP contribution in [0.1, 0.15) is 0 Å². The average Bonchev–Trinajstić information content (AvgIpc) is 2.79. The van der Waals surface area contributed by atoms with Crippen LogP contribution in [0.2, 0.25) is 10.0 Å². The molecule has 0 aliphatic heterocycles. The van der Waals surface area contributed by atoms with Crippen LogP contribution < -0.4 is 14.7 Å². The lowest BCUT2D eigenvalue weighted by Crippen LogP contribution is -2.21. The molecule has 9 nitrogen and oxygen atoms in total. The number of anilines is 2. The van der Waals surface area contributed by atoms with E-state index in [1.807, 2.05) is 0 Å². The molecule has 14 heteroatoms. The molecule has 0 aromatic heterocycles. The van der Waals surface area contributed by atoms with Crippen LogP contribution in [-0.4, -0.2) is 31.1 Å². The van der Waals surface area contributed by atoms with Gasteiger partial charge in [0.15, 0.2) is 0 Å².